The molecule has 208 valence electrons. The lowest BCUT2D eigenvalue weighted by atomic mass is 10.1. The summed E-state index contributed by atoms with van der Waals surface area (Å²) in [6.45, 7) is 3.61. The van der Waals surface area contributed by atoms with Gasteiger partial charge in [-0.1, -0.05) is 17.7 Å². The van der Waals surface area contributed by atoms with Crippen molar-refractivity contribution in [2.45, 2.75) is 32.2 Å². The normalized spacial score (nSPS) is 16.9. The molecule has 11 heteroatoms. The number of benzene rings is 2. The molecule has 0 radical (unpaired) electrons. The number of ether oxygens (including phenoxy) is 2. The summed E-state index contributed by atoms with van der Waals surface area (Å²) in [4.78, 5) is 23.2. The second kappa shape index (κ2) is 12.0. The summed E-state index contributed by atoms with van der Waals surface area (Å²) in [5, 5.41) is 9.80. The molecule has 2 aromatic heterocycles. The van der Waals surface area contributed by atoms with Crippen molar-refractivity contribution in [3.63, 3.8) is 0 Å². The highest BCUT2D eigenvalue weighted by Crippen LogP contribution is 2.27. The van der Waals surface area contributed by atoms with Crippen LogP contribution >= 0.6 is 25.1 Å². The van der Waals surface area contributed by atoms with E-state index in [1.165, 1.54) is 12.1 Å². The van der Waals surface area contributed by atoms with Crippen molar-refractivity contribution in [2.75, 3.05) is 19.7 Å². The number of carboxylic acids is 1. The van der Waals surface area contributed by atoms with E-state index in [0.29, 0.717) is 24.7 Å². The third kappa shape index (κ3) is 6.00. The maximum Gasteiger partial charge on any atom is 0.335 e. The Hall–Kier alpha value is -3.44. The number of carbonyl (C=O) groups is 1. The van der Waals surface area contributed by atoms with E-state index >= 15 is 0 Å². The first-order chi connectivity index (χ1) is 18.9. The Morgan fingerprint density at radius 2 is 2.05 bits per heavy atom. The minimum atomic E-state index is -0.960. The minimum Gasteiger partial charge on any atom is -0.486 e. The molecule has 0 spiro atoms. The smallest absolute Gasteiger partial charge is 0.335 e. The average Bonchev–Trinajstić information content (AvgIpc) is 3.50. The molecule has 0 saturated carbocycles. The molecule has 2 aliphatic rings. The maximum absolute atomic E-state index is 14.1. The fraction of sp³-hybridized carbons (Fsp3) is 0.276. The van der Waals surface area contributed by atoms with Crippen molar-refractivity contribution in [1.29, 1.82) is 0 Å². The van der Waals surface area contributed by atoms with E-state index in [4.69, 9.17) is 26.1 Å². The number of hydrogen-bond donors (Lipinski definition) is 1. The molecule has 1 atom stereocenters. The molecule has 40 heavy (non-hydrogen) atoms. The third-order valence-electron chi connectivity index (χ3n) is 7.05. The molecule has 4 aromatic rings. The fourth-order valence-corrected chi connectivity index (χ4v) is 5.03. The van der Waals surface area contributed by atoms with Gasteiger partial charge in [-0.25, -0.2) is 14.2 Å². The van der Waals surface area contributed by atoms with E-state index in [2.05, 4.69) is 20.5 Å². The van der Waals surface area contributed by atoms with Gasteiger partial charge >= 0.3 is 5.97 Å². The first-order valence-corrected chi connectivity index (χ1v) is 13.1. The van der Waals surface area contributed by atoms with Gasteiger partial charge in [0.1, 0.15) is 12.4 Å². The molecule has 0 amide bonds. The minimum absolute atomic E-state index is 0. The number of imidazole rings is 1. The molecule has 1 saturated heterocycles. The van der Waals surface area contributed by atoms with Crippen LogP contribution in [0.2, 0.25) is 5.02 Å². The molecular weight excluding hydrogens is 555 g/mol. The molecule has 0 aliphatic carbocycles. The largest absolute Gasteiger partial charge is 0.486 e. The van der Waals surface area contributed by atoms with Crippen LogP contribution in [-0.4, -0.2) is 56.3 Å². The van der Waals surface area contributed by atoms with Crippen molar-refractivity contribution >= 4 is 47.7 Å². The van der Waals surface area contributed by atoms with Gasteiger partial charge in [0.15, 0.2) is 11.6 Å². The Kier molecular flexibility index (Phi) is 8.41. The molecular formula is C29H28ClFN4O4S. The Morgan fingerprint density at radius 1 is 1.20 bits per heavy atom. The zero-order valence-corrected chi connectivity index (χ0v) is 23.3. The van der Waals surface area contributed by atoms with Gasteiger partial charge < -0.3 is 19.1 Å². The summed E-state index contributed by atoms with van der Waals surface area (Å²) >= 11 is 5.82. The maximum atomic E-state index is 14.1. The summed E-state index contributed by atoms with van der Waals surface area (Å²) in [6.07, 6.45) is 4.96. The van der Waals surface area contributed by atoms with E-state index in [1.54, 1.807) is 30.5 Å². The van der Waals surface area contributed by atoms with Gasteiger partial charge in [0, 0.05) is 30.9 Å². The van der Waals surface area contributed by atoms with Gasteiger partial charge in [-0.3, -0.25) is 9.88 Å². The molecule has 4 heterocycles. The van der Waals surface area contributed by atoms with Crippen molar-refractivity contribution < 1.29 is 23.8 Å². The van der Waals surface area contributed by atoms with Crippen LogP contribution in [0.15, 0.2) is 60.8 Å². The van der Waals surface area contributed by atoms with Crippen molar-refractivity contribution in [2.24, 2.45) is 0 Å². The van der Waals surface area contributed by atoms with Crippen molar-refractivity contribution in [3.05, 3.63) is 94.3 Å². The topological polar surface area (TPSA) is 89.7 Å². The average molecular weight is 583 g/mol. The molecule has 0 unspecified atom stereocenters. The number of carboxylic acid groups (broad SMARTS) is 1. The highest BCUT2D eigenvalue weighted by Gasteiger charge is 2.25. The van der Waals surface area contributed by atoms with E-state index < -0.39 is 11.8 Å². The van der Waals surface area contributed by atoms with Crippen LogP contribution in [0.1, 0.15) is 33.9 Å². The predicted octanol–water partition coefficient (Wildman–Crippen LogP) is 5.30. The van der Waals surface area contributed by atoms with Crippen molar-refractivity contribution in [3.8, 4) is 5.75 Å². The van der Waals surface area contributed by atoms with Gasteiger partial charge in [0.2, 0.25) is 0 Å². The zero-order chi connectivity index (χ0) is 26.9. The van der Waals surface area contributed by atoms with Crippen LogP contribution in [-0.2, 0) is 24.4 Å². The lowest BCUT2D eigenvalue weighted by molar-refractivity contribution is -0.0591. The number of fused-ring (bicyclic) bond motifs is 1. The van der Waals surface area contributed by atoms with Crippen LogP contribution < -0.4 is 4.74 Å². The number of nitrogens with zero attached hydrogens (tertiary/aromatic N) is 4. The lowest BCUT2D eigenvalue weighted by Crippen LogP contribution is -2.32. The van der Waals surface area contributed by atoms with Gasteiger partial charge in [0.05, 0.1) is 41.5 Å². The number of aromatic carboxylic acids is 1. The van der Waals surface area contributed by atoms with Crippen LogP contribution in [0.5, 0.6) is 5.75 Å². The van der Waals surface area contributed by atoms with E-state index in [-0.39, 0.29) is 37.5 Å². The molecule has 1 fully saturated rings. The number of pyridine rings is 1. The highest BCUT2D eigenvalue weighted by molar-refractivity contribution is 7.59. The molecule has 2 aromatic carbocycles. The predicted molar refractivity (Wildman–Crippen MR) is 155 cm³/mol. The summed E-state index contributed by atoms with van der Waals surface area (Å²) in [5.74, 6) is -0.439. The second-order valence-corrected chi connectivity index (χ2v) is 10.2. The molecule has 1 N–H and O–H groups in total. The first kappa shape index (κ1) is 28.1. The molecule has 2 aliphatic heterocycles. The molecule has 8 nitrogen and oxygen atoms in total. The summed E-state index contributed by atoms with van der Waals surface area (Å²) in [5.41, 5.74) is 4.63. The van der Waals surface area contributed by atoms with Gasteiger partial charge in [0.25, 0.3) is 0 Å². The SMILES string of the molecule is O=C(O)c1ccc2nc(CN3CC=C(c4cc(COc5ccc(Cl)cc5F)ccn4)C3)n(C[C@@H]3CCO3)c2c1.S. The van der Waals surface area contributed by atoms with Crippen LogP contribution in [0, 0.1) is 5.82 Å². The quantitative estimate of drug-likeness (QED) is 0.286. The number of hydrogen-bond acceptors (Lipinski definition) is 6. The Labute approximate surface area is 242 Å². The fourth-order valence-electron chi connectivity index (χ4n) is 4.87. The number of halogens is 2. The number of rotatable bonds is 9. The molecule has 0 bridgehead atoms. The van der Waals surface area contributed by atoms with Gasteiger partial charge in [-0.15, -0.1) is 0 Å². The summed E-state index contributed by atoms with van der Waals surface area (Å²) in [7, 11) is 0. The Morgan fingerprint density at radius 3 is 2.80 bits per heavy atom. The van der Waals surface area contributed by atoms with E-state index in [1.807, 2.05) is 12.1 Å². The van der Waals surface area contributed by atoms with Gasteiger partial charge in [-0.05, 0) is 66.1 Å². The summed E-state index contributed by atoms with van der Waals surface area (Å²) in [6, 6.07) is 13.2. The van der Waals surface area contributed by atoms with Crippen LogP contribution in [0.3, 0.4) is 0 Å². The van der Waals surface area contributed by atoms with E-state index in [9.17, 15) is 14.3 Å². The van der Waals surface area contributed by atoms with Gasteiger partial charge in [-0.2, -0.15) is 13.5 Å². The standard InChI is InChI=1S/C29H26ClFN4O4.H2S/c30-21-2-4-27(23(31)13-21)39-17-18-5-8-32-25(11-18)20-6-9-34(14-20)16-28-33-24-3-1-19(29(36)37)12-26(24)35(28)15-22-7-10-38-22;/h1-6,8,11-13,22H,7,9-10,14-17H2,(H,36,37);1H2/t22-;/m0./s1. The second-order valence-electron chi connectivity index (χ2n) is 9.74. The summed E-state index contributed by atoms with van der Waals surface area (Å²) < 4.78 is 27.5. The van der Waals surface area contributed by atoms with Crippen LogP contribution in [0.25, 0.3) is 16.6 Å². The lowest BCUT2D eigenvalue weighted by Gasteiger charge is -2.28. The monoisotopic (exact) mass is 582 g/mol. The Bertz CT molecular complexity index is 1590. The van der Waals surface area contributed by atoms with Crippen molar-refractivity contribution in [1.82, 2.24) is 19.4 Å². The van der Waals surface area contributed by atoms with E-state index in [0.717, 1.165) is 53.3 Å². The van der Waals surface area contributed by atoms with Crippen LogP contribution in [0.4, 0.5) is 4.39 Å². The number of aromatic nitrogens is 3. The third-order valence-corrected chi connectivity index (χ3v) is 7.29. The first-order valence-electron chi connectivity index (χ1n) is 12.7. The highest BCUT2D eigenvalue weighted by atomic mass is 35.5. The molecule has 6 rings (SSSR count). The zero-order valence-electron chi connectivity index (χ0n) is 21.5. The Balaban J connectivity index is 0.00000323.